The third-order valence-electron chi connectivity index (χ3n) is 3.81. The molecule has 0 aliphatic heterocycles. The van der Waals surface area contributed by atoms with Gasteiger partial charge in [-0.25, -0.2) is 9.78 Å². The van der Waals surface area contributed by atoms with Gasteiger partial charge >= 0.3 is 5.97 Å². The first-order valence-corrected chi connectivity index (χ1v) is 9.13. The minimum absolute atomic E-state index is 0.155. The summed E-state index contributed by atoms with van der Waals surface area (Å²) in [7, 11) is 1.32. The summed E-state index contributed by atoms with van der Waals surface area (Å²) in [5, 5.41) is 3.41. The summed E-state index contributed by atoms with van der Waals surface area (Å²) in [6.07, 6.45) is 0.383. The first kappa shape index (κ1) is 18.0. The number of rotatable bonds is 7. The van der Waals surface area contributed by atoms with Crippen LogP contribution in [0.1, 0.15) is 5.56 Å². The van der Waals surface area contributed by atoms with E-state index < -0.39 is 12.0 Å². The highest BCUT2D eigenvalue weighted by molar-refractivity contribution is 7.99. The van der Waals surface area contributed by atoms with Gasteiger partial charge in [0.05, 0.1) is 23.9 Å². The number of nitrogens with zero attached hydrogens (tertiary/aromatic N) is 1. The van der Waals surface area contributed by atoms with Gasteiger partial charge in [0.2, 0.25) is 5.91 Å². The van der Waals surface area contributed by atoms with E-state index in [0.717, 1.165) is 16.6 Å². The Balaban J connectivity index is 1.59. The maximum absolute atomic E-state index is 12.3. The number of esters is 1. The van der Waals surface area contributed by atoms with E-state index in [-0.39, 0.29) is 11.7 Å². The quantitative estimate of drug-likeness (QED) is 0.494. The monoisotopic (exact) mass is 369 g/mol. The summed E-state index contributed by atoms with van der Waals surface area (Å²) in [6, 6.07) is 16.5. The van der Waals surface area contributed by atoms with Gasteiger partial charge in [0.25, 0.3) is 0 Å². The molecule has 1 aromatic heterocycles. The molecule has 0 saturated carbocycles. The minimum Gasteiger partial charge on any atom is -0.467 e. The third kappa shape index (κ3) is 4.64. The number of H-pyrrole nitrogens is 1. The molecule has 134 valence electrons. The first-order valence-electron chi connectivity index (χ1n) is 8.14. The molecule has 0 aliphatic carbocycles. The lowest BCUT2D eigenvalue weighted by Crippen LogP contribution is -2.43. The van der Waals surface area contributed by atoms with Gasteiger partial charge in [-0.2, -0.15) is 0 Å². The van der Waals surface area contributed by atoms with E-state index >= 15 is 0 Å². The fraction of sp³-hybridized carbons (Fsp3) is 0.211. The Morgan fingerprint density at radius 2 is 1.88 bits per heavy atom. The van der Waals surface area contributed by atoms with Gasteiger partial charge in [-0.3, -0.25) is 4.79 Å². The number of ether oxygens (including phenoxy) is 1. The second kappa shape index (κ2) is 8.53. The Morgan fingerprint density at radius 1 is 1.15 bits per heavy atom. The summed E-state index contributed by atoms with van der Waals surface area (Å²) in [5.74, 6) is -0.556. The van der Waals surface area contributed by atoms with Crippen molar-refractivity contribution in [3.05, 3.63) is 60.2 Å². The highest BCUT2D eigenvalue weighted by Crippen LogP contribution is 2.19. The van der Waals surface area contributed by atoms with E-state index in [0.29, 0.717) is 11.6 Å². The molecule has 0 aliphatic rings. The number of amides is 1. The Morgan fingerprint density at radius 3 is 2.62 bits per heavy atom. The summed E-state index contributed by atoms with van der Waals surface area (Å²) in [4.78, 5) is 31.8. The molecule has 0 fully saturated rings. The topological polar surface area (TPSA) is 84.1 Å². The molecule has 1 atom stereocenters. The van der Waals surface area contributed by atoms with E-state index in [1.807, 2.05) is 54.6 Å². The molecule has 2 aromatic carbocycles. The van der Waals surface area contributed by atoms with Crippen molar-refractivity contribution in [1.29, 1.82) is 0 Å². The number of nitrogens with one attached hydrogen (secondary N) is 2. The number of aromatic amines is 1. The number of aromatic nitrogens is 2. The van der Waals surface area contributed by atoms with Gasteiger partial charge in [-0.1, -0.05) is 54.2 Å². The number of carbonyl (C=O) groups is 2. The molecule has 3 aromatic rings. The van der Waals surface area contributed by atoms with Gasteiger partial charge in [0.15, 0.2) is 5.16 Å². The van der Waals surface area contributed by atoms with E-state index in [2.05, 4.69) is 15.3 Å². The number of imidazole rings is 1. The smallest absolute Gasteiger partial charge is 0.328 e. The Hall–Kier alpha value is -2.80. The van der Waals surface area contributed by atoms with Crippen molar-refractivity contribution in [2.45, 2.75) is 17.6 Å². The molecule has 2 N–H and O–H groups in total. The maximum atomic E-state index is 12.3. The summed E-state index contributed by atoms with van der Waals surface area (Å²) in [5.41, 5.74) is 2.73. The van der Waals surface area contributed by atoms with E-state index in [1.165, 1.54) is 18.9 Å². The summed E-state index contributed by atoms with van der Waals surface area (Å²) < 4.78 is 4.81. The highest BCUT2D eigenvalue weighted by atomic mass is 32.2. The van der Waals surface area contributed by atoms with Crippen LogP contribution in [0.3, 0.4) is 0 Å². The van der Waals surface area contributed by atoms with Crippen molar-refractivity contribution in [3.63, 3.8) is 0 Å². The van der Waals surface area contributed by atoms with Gasteiger partial charge in [-0.05, 0) is 17.7 Å². The van der Waals surface area contributed by atoms with Crippen LogP contribution in [0, 0.1) is 0 Å². The second-order valence-electron chi connectivity index (χ2n) is 5.68. The lowest BCUT2D eigenvalue weighted by atomic mass is 10.1. The number of para-hydroxylation sites is 2. The molecule has 0 saturated heterocycles. The van der Waals surface area contributed by atoms with Gasteiger partial charge < -0.3 is 15.0 Å². The van der Waals surface area contributed by atoms with Crippen molar-refractivity contribution < 1.29 is 14.3 Å². The van der Waals surface area contributed by atoms with Crippen LogP contribution in [0.5, 0.6) is 0 Å². The predicted molar refractivity (Wildman–Crippen MR) is 101 cm³/mol. The number of fused-ring (bicyclic) bond motifs is 1. The van der Waals surface area contributed by atoms with Crippen LogP contribution in [0.4, 0.5) is 0 Å². The van der Waals surface area contributed by atoms with Crippen LogP contribution in [-0.4, -0.2) is 40.7 Å². The molecule has 1 heterocycles. The molecule has 7 heteroatoms. The zero-order valence-corrected chi connectivity index (χ0v) is 15.1. The Labute approximate surface area is 155 Å². The first-order chi connectivity index (χ1) is 12.7. The molecule has 3 rings (SSSR count). The van der Waals surface area contributed by atoms with Gasteiger partial charge in [0, 0.05) is 6.42 Å². The summed E-state index contributed by atoms with van der Waals surface area (Å²) >= 11 is 1.29. The Kier molecular flexibility index (Phi) is 5.91. The van der Waals surface area contributed by atoms with Crippen molar-refractivity contribution in [1.82, 2.24) is 15.3 Å². The molecular formula is C19H19N3O3S. The van der Waals surface area contributed by atoms with Crippen LogP contribution in [0.2, 0.25) is 0 Å². The number of hydrogen-bond acceptors (Lipinski definition) is 5. The van der Waals surface area contributed by atoms with Crippen LogP contribution >= 0.6 is 11.8 Å². The van der Waals surface area contributed by atoms with Crippen LogP contribution < -0.4 is 5.32 Å². The van der Waals surface area contributed by atoms with Gasteiger partial charge in [0.1, 0.15) is 6.04 Å². The number of carbonyl (C=O) groups excluding carboxylic acids is 2. The molecule has 26 heavy (non-hydrogen) atoms. The van der Waals surface area contributed by atoms with Crippen molar-refractivity contribution >= 4 is 34.7 Å². The highest BCUT2D eigenvalue weighted by Gasteiger charge is 2.22. The number of benzene rings is 2. The molecule has 0 radical (unpaired) electrons. The van der Waals surface area contributed by atoms with E-state index in [9.17, 15) is 9.59 Å². The lowest BCUT2D eigenvalue weighted by Gasteiger charge is -2.16. The van der Waals surface area contributed by atoms with Crippen molar-refractivity contribution in [2.24, 2.45) is 0 Å². The fourth-order valence-electron chi connectivity index (χ4n) is 2.55. The predicted octanol–water partition coefficient (Wildman–Crippen LogP) is 2.56. The maximum Gasteiger partial charge on any atom is 0.328 e. The van der Waals surface area contributed by atoms with E-state index in [4.69, 9.17) is 4.74 Å². The second-order valence-corrected chi connectivity index (χ2v) is 6.64. The average Bonchev–Trinajstić information content (AvgIpc) is 3.09. The van der Waals surface area contributed by atoms with Crippen molar-refractivity contribution in [2.75, 3.05) is 12.9 Å². The van der Waals surface area contributed by atoms with Gasteiger partial charge in [-0.15, -0.1) is 0 Å². The minimum atomic E-state index is -0.717. The molecule has 1 unspecified atom stereocenters. The van der Waals surface area contributed by atoms with Crippen LogP contribution in [0.15, 0.2) is 59.8 Å². The molecular weight excluding hydrogens is 350 g/mol. The third-order valence-corrected chi connectivity index (χ3v) is 4.68. The average molecular weight is 369 g/mol. The molecule has 6 nitrogen and oxygen atoms in total. The number of methoxy groups -OCH3 is 1. The summed E-state index contributed by atoms with van der Waals surface area (Å²) in [6.45, 7) is 0. The van der Waals surface area contributed by atoms with Crippen LogP contribution in [-0.2, 0) is 20.7 Å². The fourth-order valence-corrected chi connectivity index (χ4v) is 3.25. The largest absolute Gasteiger partial charge is 0.467 e. The van der Waals surface area contributed by atoms with Crippen molar-refractivity contribution in [3.8, 4) is 0 Å². The SMILES string of the molecule is COC(=O)C(Cc1ccccc1)NC(=O)CSc1nc2ccccc2[nH]1. The molecule has 1 amide bonds. The normalized spacial score (nSPS) is 11.9. The zero-order valence-electron chi connectivity index (χ0n) is 14.3. The molecule has 0 bridgehead atoms. The zero-order chi connectivity index (χ0) is 18.4. The standard InChI is InChI=1S/C19H19N3O3S/c1-25-18(24)16(11-13-7-3-2-4-8-13)20-17(23)12-26-19-21-14-9-5-6-10-15(14)22-19/h2-10,16H,11-12H2,1H3,(H,20,23)(H,21,22). The van der Waals surface area contributed by atoms with E-state index in [1.54, 1.807) is 0 Å². The molecule has 0 spiro atoms. The number of thioether (sulfide) groups is 1. The number of hydrogen-bond donors (Lipinski definition) is 2. The Bertz CT molecular complexity index is 862. The lowest BCUT2D eigenvalue weighted by molar-refractivity contribution is -0.144. The van der Waals surface area contributed by atoms with Crippen LogP contribution in [0.25, 0.3) is 11.0 Å².